The van der Waals surface area contributed by atoms with Gasteiger partial charge in [-0.3, -0.25) is 14.2 Å². The molecule has 4 rings (SSSR count). The molecule has 1 N–H and O–H groups in total. The molecule has 172 valence electrons. The highest BCUT2D eigenvalue weighted by Gasteiger charge is 2.31. The highest BCUT2D eigenvalue weighted by molar-refractivity contribution is 7.98. The van der Waals surface area contributed by atoms with Gasteiger partial charge in [0.05, 0.1) is 29.9 Å². The average molecular weight is 479 g/mol. The lowest BCUT2D eigenvalue weighted by atomic mass is 10.2. The zero-order valence-electron chi connectivity index (χ0n) is 17.0. The van der Waals surface area contributed by atoms with Gasteiger partial charge in [-0.2, -0.15) is 13.2 Å². The van der Waals surface area contributed by atoms with Gasteiger partial charge in [-0.25, -0.2) is 10.5 Å². The molecular formula is C20H16F3N5O4S. The van der Waals surface area contributed by atoms with E-state index >= 15 is 0 Å². The van der Waals surface area contributed by atoms with Gasteiger partial charge in [0, 0.05) is 0 Å². The molecule has 0 atom stereocenters. The van der Waals surface area contributed by atoms with E-state index in [9.17, 15) is 18.0 Å². The van der Waals surface area contributed by atoms with Crippen molar-refractivity contribution in [2.75, 3.05) is 6.61 Å². The number of amides is 1. The van der Waals surface area contributed by atoms with Gasteiger partial charge in [0.2, 0.25) is 11.7 Å². The summed E-state index contributed by atoms with van der Waals surface area (Å²) >= 11 is 1.12. The third kappa shape index (κ3) is 5.09. The first-order valence-electron chi connectivity index (χ1n) is 9.53. The number of nitrogens with zero attached hydrogens (tertiary/aromatic N) is 4. The fourth-order valence-corrected chi connectivity index (χ4v) is 3.59. The van der Waals surface area contributed by atoms with E-state index in [0.717, 1.165) is 23.9 Å². The summed E-state index contributed by atoms with van der Waals surface area (Å²) in [7, 11) is 0. The van der Waals surface area contributed by atoms with E-state index in [0.29, 0.717) is 5.76 Å². The predicted molar refractivity (Wildman–Crippen MR) is 109 cm³/mol. The number of oxazole rings is 1. The minimum Gasteiger partial charge on any atom is -0.461 e. The number of carbonyl (C=O) groups excluding carboxylic acids is 1. The summed E-state index contributed by atoms with van der Waals surface area (Å²) in [5, 5.41) is 8.47. The van der Waals surface area contributed by atoms with Crippen LogP contribution in [0.3, 0.4) is 0 Å². The standard InChI is InChI=1S/C20H16F3N5O4S/c1-2-32-27-18(29)14-10-31-16(24-14)11-33-19-26-25-17(15-7-4-8-30-15)28(19)13-6-3-5-12(9-13)20(21,22)23/h3-10H,2,11H2,1H3,(H,27,29). The van der Waals surface area contributed by atoms with Crippen molar-refractivity contribution in [1.82, 2.24) is 25.2 Å². The first-order chi connectivity index (χ1) is 15.9. The number of hydroxylamine groups is 1. The van der Waals surface area contributed by atoms with E-state index in [-0.39, 0.29) is 40.6 Å². The number of hydrogen-bond acceptors (Lipinski definition) is 8. The lowest BCUT2D eigenvalue weighted by Crippen LogP contribution is -2.23. The molecule has 13 heteroatoms. The molecule has 9 nitrogen and oxygen atoms in total. The fraction of sp³-hybridized carbons (Fsp3) is 0.200. The molecule has 1 amide bonds. The Morgan fingerprint density at radius 2 is 2.06 bits per heavy atom. The number of halogens is 3. The summed E-state index contributed by atoms with van der Waals surface area (Å²) in [6, 6.07) is 8.05. The van der Waals surface area contributed by atoms with Crippen LogP contribution in [0.4, 0.5) is 13.2 Å². The van der Waals surface area contributed by atoms with Crippen LogP contribution in [0.2, 0.25) is 0 Å². The number of nitrogens with one attached hydrogen (secondary N) is 1. The van der Waals surface area contributed by atoms with Crippen LogP contribution in [0.25, 0.3) is 17.3 Å². The van der Waals surface area contributed by atoms with Crippen molar-refractivity contribution in [3.8, 4) is 17.3 Å². The molecule has 0 fully saturated rings. The number of thioether (sulfide) groups is 1. The van der Waals surface area contributed by atoms with Crippen molar-refractivity contribution < 1.29 is 31.6 Å². The van der Waals surface area contributed by atoms with Crippen molar-refractivity contribution >= 4 is 17.7 Å². The summed E-state index contributed by atoms with van der Waals surface area (Å²) in [6.07, 6.45) is -1.91. The van der Waals surface area contributed by atoms with Gasteiger partial charge in [0.25, 0.3) is 5.91 Å². The predicted octanol–water partition coefficient (Wildman–Crippen LogP) is 4.51. The van der Waals surface area contributed by atoms with Crippen molar-refractivity contribution in [3.05, 3.63) is 66.1 Å². The molecule has 0 aliphatic carbocycles. The molecule has 1 aromatic carbocycles. The van der Waals surface area contributed by atoms with Gasteiger partial charge in [0.1, 0.15) is 6.26 Å². The molecule has 0 spiro atoms. The maximum absolute atomic E-state index is 13.3. The van der Waals surface area contributed by atoms with E-state index in [2.05, 4.69) is 20.7 Å². The SMILES string of the molecule is CCONC(=O)c1coc(CSc2nnc(-c3ccco3)n2-c2cccc(C(F)(F)F)c2)n1. The Morgan fingerprint density at radius 3 is 2.79 bits per heavy atom. The Bertz CT molecular complexity index is 1240. The number of aromatic nitrogens is 4. The molecule has 0 saturated heterocycles. The van der Waals surface area contributed by atoms with Gasteiger partial charge in [-0.15, -0.1) is 10.2 Å². The minimum atomic E-state index is -4.52. The fourth-order valence-electron chi connectivity index (χ4n) is 2.78. The molecule has 33 heavy (non-hydrogen) atoms. The third-order valence-corrected chi connectivity index (χ3v) is 5.14. The lowest BCUT2D eigenvalue weighted by Gasteiger charge is -2.12. The van der Waals surface area contributed by atoms with Crippen LogP contribution in [0.5, 0.6) is 0 Å². The second-order valence-corrected chi connectivity index (χ2v) is 7.39. The molecule has 4 aromatic rings. The molecule has 0 radical (unpaired) electrons. The largest absolute Gasteiger partial charge is 0.461 e. The molecule has 3 heterocycles. The van der Waals surface area contributed by atoms with E-state index in [1.807, 2.05) is 0 Å². The molecule has 0 saturated carbocycles. The molecular weight excluding hydrogens is 463 g/mol. The summed E-state index contributed by atoms with van der Waals surface area (Å²) in [6.45, 7) is 2.00. The van der Waals surface area contributed by atoms with Crippen LogP contribution in [0, 0.1) is 0 Å². The summed E-state index contributed by atoms with van der Waals surface area (Å²) < 4.78 is 51.9. The van der Waals surface area contributed by atoms with Crippen LogP contribution < -0.4 is 5.48 Å². The van der Waals surface area contributed by atoms with Gasteiger partial charge in [-0.1, -0.05) is 17.8 Å². The highest BCUT2D eigenvalue weighted by Crippen LogP contribution is 2.34. The summed E-state index contributed by atoms with van der Waals surface area (Å²) in [5.41, 5.74) is 1.62. The Hall–Kier alpha value is -3.58. The van der Waals surface area contributed by atoms with Crippen LogP contribution in [-0.2, 0) is 16.8 Å². The lowest BCUT2D eigenvalue weighted by molar-refractivity contribution is -0.137. The van der Waals surface area contributed by atoms with E-state index in [1.165, 1.54) is 29.2 Å². The zero-order valence-corrected chi connectivity index (χ0v) is 17.8. The third-order valence-electron chi connectivity index (χ3n) is 4.22. The number of benzene rings is 1. The average Bonchev–Trinajstić information content (AvgIpc) is 3.55. The van der Waals surface area contributed by atoms with Crippen molar-refractivity contribution in [1.29, 1.82) is 0 Å². The number of hydrogen-bond donors (Lipinski definition) is 1. The Balaban J connectivity index is 1.62. The Labute approximate surface area is 188 Å². The van der Waals surface area contributed by atoms with Gasteiger partial charge >= 0.3 is 6.18 Å². The molecule has 0 unspecified atom stereocenters. The molecule has 3 aromatic heterocycles. The van der Waals surface area contributed by atoms with Crippen molar-refractivity contribution in [2.24, 2.45) is 0 Å². The van der Waals surface area contributed by atoms with Crippen LogP contribution in [0.1, 0.15) is 28.9 Å². The monoisotopic (exact) mass is 479 g/mol. The molecule has 0 bridgehead atoms. The van der Waals surface area contributed by atoms with E-state index in [4.69, 9.17) is 13.7 Å². The quantitative estimate of drug-likeness (QED) is 0.291. The van der Waals surface area contributed by atoms with Crippen LogP contribution >= 0.6 is 11.8 Å². The second-order valence-electron chi connectivity index (χ2n) is 6.45. The topological polar surface area (TPSA) is 108 Å². The number of alkyl halides is 3. The first-order valence-corrected chi connectivity index (χ1v) is 10.5. The van der Waals surface area contributed by atoms with Gasteiger partial charge in [-0.05, 0) is 37.3 Å². The number of furan rings is 1. The van der Waals surface area contributed by atoms with E-state index < -0.39 is 17.6 Å². The maximum Gasteiger partial charge on any atom is 0.416 e. The molecule has 0 aliphatic heterocycles. The minimum absolute atomic E-state index is 0.0228. The summed E-state index contributed by atoms with van der Waals surface area (Å²) in [5.74, 6) is 0.338. The smallest absolute Gasteiger partial charge is 0.416 e. The molecule has 0 aliphatic rings. The Morgan fingerprint density at radius 1 is 1.21 bits per heavy atom. The maximum atomic E-state index is 13.3. The van der Waals surface area contributed by atoms with Crippen LogP contribution in [0.15, 0.2) is 62.9 Å². The first kappa shape index (κ1) is 22.6. The van der Waals surface area contributed by atoms with Gasteiger partial charge in [0.15, 0.2) is 16.6 Å². The number of carbonyl (C=O) groups is 1. The zero-order chi connectivity index (χ0) is 23.4. The van der Waals surface area contributed by atoms with Crippen LogP contribution in [-0.4, -0.2) is 32.3 Å². The van der Waals surface area contributed by atoms with Gasteiger partial charge < -0.3 is 8.83 Å². The van der Waals surface area contributed by atoms with Crippen molar-refractivity contribution in [2.45, 2.75) is 24.0 Å². The normalized spacial score (nSPS) is 11.6. The highest BCUT2D eigenvalue weighted by atomic mass is 32.2. The second kappa shape index (κ2) is 9.50. The summed E-state index contributed by atoms with van der Waals surface area (Å²) in [4.78, 5) is 20.8. The number of rotatable bonds is 8. The van der Waals surface area contributed by atoms with E-state index in [1.54, 1.807) is 19.1 Å². The Kier molecular flexibility index (Phi) is 6.51. The van der Waals surface area contributed by atoms with Crippen molar-refractivity contribution in [3.63, 3.8) is 0 Å².